The lowest BCUT2D eigenvalue weighted by Gasteiger charge is -2.44. The molecule has 0 spiro atoms. The van der Waals surface area contributed by atoms with Crippen LogP contribution in [0.5, 0.6) is 0 Å². The Bertz CT molecular complexity index is 705. The number of carbonyl (C=O) groups is 1. The van der Waals surface area contributed by atoms with E-state index in [1.807, 2.05) is 17.9 Å². The molecule has 0 saturated carbocycles. The molecule has 4 nitrogen and oxygen atoms in total. The van der Waals surface area contributed by atoms with Crippen molar-refractivity contribution in [2.24, 2.45) is 0 Å². The summed E-state index contributed by atoms with van der Waals surface area (Å²) in [5.41, 5.74) is 3.63. The van der Waals surface area contributed by atoms with Gasteiger partial charge in [-0.15, -0.1) is 0 Å². The van der Waals surface area contributed by atoms with E-state index < -0.39 is 0 Å². The Balaban J connectivity index is 1.79. The van der Waals surface area contributed by atoms with Crippen LogP contribution in [0, 0.1) is 0 Å². The maximum Gasteiger partial charge on any atom is 0.410 e. The van der Waals surface area contributed by atoms with Crippen molar-refractivity contribution < 1.29 is 9.53 Å². The van der Waals surface area contributed by atoms with Crippen molar-refractivity contribution in [1.29, 1.82) is 0 Å². The van der Waals surface area contributed by atoms with Gasteiger partial charge in [-0.2, -0.15) is 0 Å². The number of nitrogens with zero attached hydrogens (tertiary/aromatic N) is 2. The third-order valence-corrected chi connectivity index (χ3v) is 4.72. The van der Waals surface area contributed by atoms with Gasteiger partial charge in [-0.3, -0.25) is 4.90 Å². The molecule has 25 heavy (non-hydrogen) atoms. The van der Waals surface area contributed by atoms with Crippen molar-refractivity contribution in [1.82, 2.24) is 4.90 Å². The van der Waals surface area contributed by atoms with Crippen molar-refractivity contribution in [2.45, 2.75) is 32.9 Å². The average molecular weight is 338 g/mol. The Morgan fingerprint density at radius 3 is 2.28 bits per heavy atom. The van der Waals surface area contributed by atoms with E-state index in [9.17, 15) is 4.79 Å². The summed E-state index contributed by atoms with van der Waals surface area (Å²) in [5.74, 6) is 0. The summed E-state index contributed by atoms with van der Waals surface area (Å²) in [5, 5.41) is 0. The van der Waals surface area contributed by atoms with Crippen molar-refractivity contribution in [2.75, 3.05) is 24.6 Å². The lowest BCUT2D eigenvalue weighted by atomic mass is 10.0. The Labute approximate surface area is 150 Å². The molecule has 1 saturated heterocycles. The highest BCUT2D eigenvalue weighted by atomic mass is 16.6. The molecule has 1 aliphatic rings. The summed E-state index contributed by atoms with van der Waals surface area (Å²) in [6.45, 7) is 8.04. The molecule has 1 heterocycles. The van der Waals surface area contributed by atoms with Crippen molar-refractivity contribution in [3.63, 3.8) is 0 Å². The molecule has 2 unspecified atom stereocenters. The number of anilines is 1. The molecular weight excluding hydrogens is 312 g/mol. The highest BCUT2D eigenvalue weighted by Crippen LogP contribution is 2.27. The van der Waals surface area contributed by atoms with Crippen molar-refractivity contribution >= 4 is 11.8 Å². The van der Waals surface area contributed by atoms with Crippen LogP contribution in [0.1, 0.15) is 20.8 Å². The van der Waals surface area contributed by atoms with Crippen LogP contribution in [0.3, 0.4) is 0 Å². The molecule has 1 fully saturated rings. The zero-order chi connectivity index (χ0) is 17.8. The second-order valence-electron chi connectivity index (χ2n) is 6.63. The first kappa shape index (κ1) is 17.3. The van der Waals surface area contributed by atoms with Gasteiger partial charge in [0.05, 0.1) is 18.7 Å². The van der Waals surface area contributed by atoms with Crippen LogP contribution < -0.4 is 4.90 Å². The summed E-state index contributed by atoms with van der Waals surface area (Å²) in [4.78, 5) is 16.4. The van der Waals surface area contributed by atoms with Gasteiger partial charge in [0.25, 0.3) is 0 Å². The summed E-state index contributed by atoms with van der Waals surface area (Å²) in [7, 11) is 0. The van der Waals surface area contributed by atoms with Crippen LogP contribution in [0.2, 0.25) is 0 Å². The fraction of sp³-hybridized carbons (Fsp3) is 0.381. The summed E-state index contributed by atoms with van der Waals surface area (Å²) >= 11 is 0. The number of carbonyl (C=O) groups excluding carboxylic acids is 1. The van der Waals surface area contributed by atoms with Crippen LogP contribution >= 0.6 is 0 Å². The predicted octanol–water partition coefficient (Wildman–Crippen LogP) is 4.41. The van der Waals surface area contributed by atoms with E-state index in [0.29, 0.717) is 6.61 Å². The number of hydrogen-bond acceptors (Lipinski definition) is 3. The molecule has 0 aromatic heterocycles. The lowest BCUT2D eigenvalue weighted by Crippen LogP contribution is -2.58. The van der Waals surface area contributed by atoms with Gasteiger partial charge >= 0.3 is 6.09 Å². The van der Waals surface area contributed by atoms with Gasteiger partial charge in [-0.05, 0) is 44.0 Å². The number of hydrogen-bond donors (Lipinski definition) is 0. The average Bonchev–Trinajstić information content (AvgIpc) is 2.62. The summed E-state index contributed by atoms with van der Waals surface area (Å²) in [6.07, 6.45) is -0.208. The van der Waals surface area contributed by atoms with E-state index in [1.54, 1.807) is 0 Å². The van der Waals surface area contributed by atoms with Crippen molar-refractivity contribution in [3.05, 3.63) is 54.6 Å². The van der Waals surface area contributed by atoms with E-state index in [0.717, 1.165) is 13.1 Å². The minimum atomic E-state index is -0.208. The third kappa shape index (κ3) is 3.78. The highest BCUT2D eigenvalue weighted by Gasteiger charge is 2.33. The first-order valence-electron chi connectivity index (χ1n) is 8.95. The molecular formula is C21H26N2O2. The van der Waals surface area contributed by atoms with E-state index >= 15 is 0 Å². The zero-order valence-electron chi connectivity index (χ0n) is 15.2. The van der Waals surface area contributed by atoms with Gasteiger partial charge in [0.1, 0.15) is 0 Å². The SMILES string of the molecule is CCOC(=O)N1C(C)CN(c2cccc(-c3ccccc3)c2)CC1C. The molecule has 2 aromatic carbocycles. The van der Waals surface area contributed by atoms with Crippen LogP contribution in [0.4, 0.5) is 10.5 Å². The molecule has 2 atom stereocenters. The van der Waals surface area contributed by atoms with Crippen LogP contribution in [0.25, 0.3) is 11.1 Å². The number of benzene rings is 2. The van der Waals surface area contributed by atoms with Gasteiger partial charge in [0.15, 0.2) is 0 Å². The van der Waals surface area contributed by atoms with Gasteiger partial charge in [-0.1, -0.05) is 42.5 Å². The van der Waals surface area contributed by atoms with E-state index in [2.05, 4.69) is 67.3 Å². The Hall–Kier alpha value is -2.49. The molecule has 0 N–H and O–H groups in total. The number of ether oxygens (including phenoxy) is 1. The topological polar surface area (TPSA) is 32.8 Å². The first-order valence-corrected chi connectivity index (χ1v) is 8.95. The van der Waals surface area contributed by atoms with Crippen LogP contribution in [0.15, 0.2) is 54.6 Å². The molecule has 0 radical (unpaired) electrons. The zero-order valence-corrected chi connectivity index (χ0v) is 15.2. The van der Waals surface area contributed by atoms with E-state index in [4.69, 9.17) is 4.74 Å². The van der Waals surface area contributed by atoms with Crippen molar-refractivity contribution in [3.8, 4) is 11.1 Å². The summed E-state index contributed by atoms with van der Waals surface area (Å²) < 4.78 is 5.21. The molecule has 0 aliphatic carbocycles. The predicted molar refractivity (Wildman–Crippen MR) is 102 cm³/mol. The largest absolute Gasteiger partial charge is 0.450 e. The molecule has 0 bridgehead atoms. The van der Waals surface area contributed by atoms with Gasteiger partial charge in [-0.25, -0.2) is 4.79 Å². The molecule has 3 rings (SSSR count). The molecule has 4 heteroatoms. The number of rotatable bonds is 3. The second-order valence-corrected chi connectivity index (χ2v) is 6.63. The van der Waals surface area contributed by atoms with Crippen LogP contribution in [-0.4, -0.2) is 42.8 Å². The summed E-state index contributed by atoms with van der Waals surface area (Å²) in [6, 6.07) is 19.3. The van der Waals surface area contributed by atoms with Gasteiger partial charge in [0, 0.05) is 18.8 Å². The lowest BCUT2D eigenvalue weighted by molar-refractivity contribution is 0.0698. The maximum absolute atomic E-state index is 12.2. The number of amides is 1. The number of piperazine rings is 1. The van der Waals surface area contributed by atoms with Gasteiger partial charge in [0.2, 0.25) is 0 Å². The second kappa shape index (κ2) is 7.60. The van der Waals surface area contributed by atoms with Gasteiger partial charge < -0.3 is 9.64 Å². The molecule has 1 amide bonds. The fourth-order valence-electron chi connectivity index (χ4n) is 3.60. The molecule has 1 aliphatic heterocycles. The Morgan fingerprint density at radius 1 is 1.00 bits per heavy atom. The smallest absolute Gasteiger partial charge is 0.410 e. The Morgan fingerprint density at radius 2 is 1.64 bits per heavy atom. The first-order chi connectivity index (χ1) is 12.1. The van der Waals surface area contributed by atoms with Crippen LogP contribution in [-0.2, 0) is 4.74 Å². The highest BCUT2D eigenvalue weighted by molar-refractivity contribution is 5.71. The maximum atomic E-state index is 12.2. The Kier molecular flexibility index (Phi) is 5.27. The minimum Gasteiger partial charge on any atom is -0.450 e. The third-order valence-electron chi connectivity index (χ3n) is 4.72. The monoisotopic (exact) mass is 338 g/mol. The van der Waals surface area contributed by atoms with E-state index in [-0.39, 0.29) is 18.2 Å². The minimum absolute atomic E-state index is 0.114. The quantitative estimate of drug-likeness (QED) is 0.831. The fourth-order valence-corrected chi connectivity index (χ4v) is 3.60. The molecule has 2 aromatic rings. The van der Waals surface area contributed by atoms with E-state index in [1.165, 1.54) is 16.8 Å². The molecule has 132 valence electrons. The standard InChI is InChI=1S/C21H26N2O2/c1-4-25-21(24)23-16(2)14-22(15-17(23)3)20-12-8-11-19(13-20)18-9-6-5-7-10-18/h5-13,16-17H,4,14-15H2,1-3H3. The normalized spacial score (nSPS) is 20.4.